The van der Waals surface area contributed by atoms with Gasteiger partial charge in [0.15, 0.2) is 0 Å². The van der Waals surface area contributed by atoms with E-state index < -0.39 is 11.9 Å². The minimum Gasteiger partial charge on any atom is -0.492 e. The summed E-state index contributed by atoms with van der Waals surface area (Å²) in [6, 6.07) is 17.0. The van der Waals surface area contributed by atoms with Crippen molar-refractivity contribution < 1.29 is 47.2 Å². The Hall–Kier alpha value is -4.42. The van der Waals surface area contributed by atoms with Crippen LogP contribution in [0.3, 0.4) is 0 Å². The Balaban J connectivity index is 0.000000157. The van der Waals surface area contributed by atoms with E-state index in [1.54, 1.807) is 42.5 Å². The SMILES string of the molecule is O=C(O)C[C@@H]1COc2cc(O[C@@H]3CCc4c(Br)ccc(F)c43)ccc21.O=C(O)Cc1coc2cc(O[C@@H]3CCc4c(Br)ccc(F)c43)ccc12. The van der Waals surface area contributed by atoms with E-state index in [-0.39, 0.29) is 42.6 Å². The Labute approximate surface area is 302 Å². The van der Waals surface area contributed by atoms with Crippen LogP contribution in [0.5, 0.6) is 17.2 Å². The van der Waals surface area contributed by atoms with Crippen LogP contribution >= 0.6 is 31.9 Å². The van der Waals surface area contributed by atoms with Gasteiger partial charge in [0.2, 0.25) is 0 Å². The van der Waals surface area contributed by atoms with Crippen molar-refractivity contribution in [3.63, 3.8) is 0 Å². The van der Waals surface area contributed by atoms with E-state index in [4.69, 9.17) is 28.8 Å². The largest absolute Gasteiger partial charge is 0.492 e. The molecule has 0 bridgehead atoms. The summed E-state index contributed by atoms with van der Waals surface area (Å²) < 4.78 is 53.3. The molecule has 3 atom stereocenters. The smallest absolute Gasteiger partial charge is 0.307 e. The molecule has 0 fully saturated rings. The molecule has 3 aliphatic rings. The van der Waals surface area contributed by atoms with Crippen LogP contribution < -0.4 is 14.2 Å². The van der Waals surface area contributed by atoms with Crippen LogP contribution in [0, 0.1) is 11.6 Å². The van der Waals surface area contributed by atoms with Crippen LogP contribution in [-0.2, 0) is 28.9 Å². The summed E-state index contributed by atoms with van der Waals surface area (Å²) >= 11 is 6.94. The first-order chi connectivity index (χ1) is 24.0. The zero-order valence-electron chi connectivity index (χ0n) is 26.4. The predicted molar refractivity (Wildman–Crippen MR) is 186 cm³/mol. The number of aliphatic carboxylic acids is 2. The number of halogens is 4. The molecule has 1 aromatic heterocycles. The number of rotatable bonds is 8. The molecule has 8 rings (SSSR count). The van der Waals surface area contributed by atoms with E-state index in [1.165, 1.54) is 18.4 Å². The summed E-state index contributed by atoms with van der Waals surface area (Å²) in [7, 11) is 0. The molecule has 4 aromatic carbocycles. The Bertz CT molecular complexity index is 2130. The topological polar surface area (TPSA) is 115 Å². The van der Waals surface area contributed by atoms with Crippen molar-refractivity contribution in [1.29, 1.82) is 0 Å². The third-order valence-electron chi connectivity index (χ3n) is 9.26. The first-order valence-corrected chi connectivity index (χ1v) is 17.6. The Kier molecular flexibility index (Phi) is 9.58. The summed E-state index contributed by atoms with van der Waals surface area (Å²) in [5.74, 6) is -0.577. The highest BCUT2D eigenvalue weighted by Crippen LogP contribution is 2.44. The Morgan fingerprint density at radius 3 is 2.00 bits per heavy atom. The van der Waals surface area contributed by atoms with Crippen molar-refractivity contribution in [2.75, 3.05) is 6.61 Å². The third kappa shape index (κ3) is 6.83. The number of carboxylic acid groups (broad SMARTS) is 2. The molecule has 258 valence electrons. The quantitative estimate of drug-likeness (QED) is 0.159. The van der Waals surface area contributed by atoms with E-state index in [0.29, 0.717) is 59.0 Å². The van der Waals surface area contributed by atoms with Gasteiger partial charge in [0.05, 0.1) is 25.7 Å². The highest BCUT2D eigenvalue weighted by Gasteiger charge is 2.32. The van der Waals surface area contributed by atoms with Gasteiger partial charge < -0.3 is 28.8 Å². The lowest BCUT2D eigenvalue weighted by atomic mass is 9.98. The van der Waals surface area contributed by atoms with Gasteiger partial charge in [-0.2, -0.15) is 0 Å². The predicted octanol–water partition coefficient (Wildman–Crippen LogP) is 9.63. The fourth-order valence-electron chi connectivity index (χ4n) is 6.97. The number of carbonyl (C=O) groups is 2. The fraction of sp³-hybridized carbons (Fsp3) is 0.263. The zero-order valence-corrected chi connectivity index (χ0v) is 29.6. The number of hydrogen-bond acceptors (Lipinski definition) is 6. The minimum atomic E-state index is -0.911. The second-order valence-electron chi connectivity index (χ2n) is 12.4. The van der Waals surface area contributed by atoms with Gasteiger partial charge in [-0.25, -0.2) is 8.78 Å². The second-order valence-corrected chi connectivity index (χ2v) is 14.1. The maximum Gasteiger partial charge on any atom is 0.307 e. The number of hydrogen-bond donors (Lipinski definition) is 2. The number of ether oxygens (including phenoxy) is 3. The van der Waals surface area contributed by atoms with Crippen molar-refractivity contribution >= 4 is 54.8 Å². The molecule has 1 aliphatic heterocycles. The number of benzene rings is 4. The minimum absolute atomic E-state index is 0.0441. The molecule has 0 unspecified atom stereocenters. The molecule has 0 saturated heterocycles. The van der Waals surface area contributed by atoms with E-state index in [9.17, 15) is 18.4 Å². The molecule has 0 amide bonds. The van der Waals surface area contributed by atoms with Gasteiger partial charge in [0, 0.05) is 54.6 Å². The molecule has 8 nitrogen and oxygen atoms in total. The van der Waals surface area contributed by atoms with Gasteiger partial charge >= 0.3 is 11.9 Å². The summed E-state index contributed by atoms with van der Waals surface area (Å²) in [6.45, 7) is 0.360. The lowest BCUT2D eigenvalue weighted by Crippen LogP contribution is -2.07. The maximum absolute atomic E-state index is 14.2. The summed E-state index contributed by atoms with van der Waals surface area (Å²) in [4.78, 5) is 21.8. The maximum atomic E-state index is 14.2. The lowest BCUT2D eigenvalue weighted by Gasteiger charge is -2.16. The first kappa shape index (κ1) is 34.0. The summed E-state index contributed by atoms with van der Waals surface area (Å²) in [5.41, 5.74) is 5.18. The summed E-state index contributed by atoms with van der Waals surface area (Å²) in [5, 5.41) is 18.6. The van der Waals surface area contributed by atoms with Crippen molar-refractivity contribution in [3.05, 3.63) is 121 Å². The van der Waals surface area contributed by atoms with Gasteiger partial charge in [-0.15, -0.1) is 0 Å². The highest BCUT2D eigenvalue weighted by molar-refractivity contribution is 9.10. The molecule has 2 aliphatic carbocycles. The molecular formula is C38H30Br2F2O8. The number of carboxylic acids is 2. The fourth-order valence-corrected chi connectivity index (χ4v) is 8.06. The first-order valence-electron chi connectivity index (χ1n) is 16.0. The zero-order chi connectivity index (χ0) is 35.1. The highest BCUT2D eigenvalue weighted by atomic mass is 79.9. The van der Waals surface area contributed by atoms with E-state index >= 15 is 0 Å². The molecule has 0 spiro atoms. The third-order valence-corrected chi connectivity index (χ3v) is 10.7. The van der Waals surface area contributed by atoms with E-state index in [0.717, 1.165) is 43.9 Å². The van der Waals surface area contributed by atoms with Gasteiger partial charge in [0.1, 0.15) is 46.7 Å². The molecule has 2 heterocycles. The van der Waals surface area contributed by atoms with Crippen LogP contribution in [0.15, 0.2) is 80.3 Å². The average Bonchev–Trinajstić information content (AvgIpc) is 3.88. The molecule has 5 aromatic rings. The van der Waals surface area contributed by atoms with E-state index in [1.807, 2.05) is 6.07 Å². The Morgan fingerprint density at radius 1 is 0.800 bits per heavy atom. The molecule has 2 N–H and O–H groups in total. The normalized spacial score (nSPS) is 18.4. The van der Waals surface area contributed by atoms with Crippen molar-refractivity contribution in [3.8, 4) is 17.2 Å². The van der Waals surface area contributed by atoms with Gasteiger partial charge in [-0.05, 0) is 79.3 Å². The van der Waals surface area contributed by atoms with E-state index in [2.05, 4.69) is 31.9 Å². The van der Waals surface area contributed by atoms with Crippen LogP contribution in [0.25, 0.3) is 11.0 Å². The van der Waals surface area contributed by atoms with Crippen LogP contribution in [0.2, 0.25) is 0 Å². The Morgan fingerprint density at radius 2 is 1.40 bits per heavy atom. The summed E-state index contributed by atoms with van der Waals surface area (Å²) in [6.07, 6.45) is 3.66. The number of fused-ring (bicyclic) bond motifs is 4. The van der Waals surface area contributed by atoms with Crippen molar-refractivity contribution in [2.45, 2.75) is 56.7 Å². The average molecular weight is 812 g/mol. The van der Waals surface area contributed by atoms with Gasteiger partial charge in [-0.1, -0.05) is 37.9 Å². The van der Waals surface area contributed by atoms with Crippen LogP contribution in [0.4, 0.5) is 8.78 Å². The van der Waals surface area contributed by atoms with Crippen molar-refractivity contribution in [2.24, 2.45) is 0 Å². The molecule has 0 radical (unpaired) electrons. The molecule has 50 heavy (non-hydrogen) atoms. The van der Waals surface area contributed by atoms with Gasteiger partial charge in [-0.3, -0.25) is 9.59 Å². The van der Waals surface area contributed by atoms with Gasteiger partial charge in [0.25, 0.3) is 0 Å². The molecule has 0 saturated carbocycles. The standard InChI is InChI=1S/C19H16BrFO4.C19H14BrFO4/c2*20-14-4-5-15(21)19-13(14)3-6-16(19)25-11-1-2-12-10(7-18(22)23)9-24-17(12)8-11/h1-2,4-5,8,10,16H,3,6-7,9H2,(H,22,23);1-2,4-5,8-9,16H,3,6-7H2,(H,22,23)/t10-,16-;16-/m11/s1. The van der Waals surface area contributed by atoms with Crippen molar-refractivity contribution in [1.82, 2.24) is 0 Å². The molecular weight excluding hydrogens is 782 g/mol. The second kappa shape index (κ2) is 14.1. The van der Waals surface area contributed by atoms with Crippen LogP contribution in [-0.4, -0.2) is 28.8 Å². The number of furan rings is 1. The lowest BCUT2D eigenvalue weighted by molar-refractivity contribution is -0.138. The van der Waals surface area contributed by atoms with Crippen LogP contribution in [0.1, 0.15) is 70.8 Å². The molecule has 12 heteroatoms. The monoisotopic (exact) mass is 810 g/mol.